The number of aromatic nitrogens is 4. The third-order valence-electron chi connectivity index (χ3n) is 3.71. The first-order valence-corrected chi connectivity index (χ1v) is 6.88. The van der Waals surface area contributed by atoms with Gasteiger partial charge >= 0.3 is 5.69 Å². The maximum Gasteiger partial charge on any atom is 0.325 e. The van der Waals surface area contributed by atoms with Crippen LogP contribution in [-0.4, -0.2) is 26.1 Å². The summed E-state index contributed by atoms with van der Waals surface area (Å²) >= 11 is 5.94. The van der Waals surface area contributed by atoms with Crippen molar-refractivity contribution in [2.45, 2.75) is 25.2 Å². The SMILES string of the molecule is CC(F)(F)[C@H]1C[C@@H]1c1cc(-c2c[nH]c(=O)[nH]c2=O)nnc1Cl. The summed E-state index contributed by atoms with van der Waals surface area (Å²) in [7, 11) is 0. The Morgan fingerprint density at radius 1 is 1.36 bits per heavy atom. The fourth-order valence-corrected chi connectivity index (χ4v) is 2.71. The molecule has 0 unspecified atom stereocenters. The molecule has 1 fully saturated rings. The normalized spacial score (nSPS) is 20.9. The van der Waals surface area contributed by atoms with E-state index in [0.29, 0.717) is 12.0 Å². The fraction of sp³-hybridized carbons (Fsp3) is 0.385. The van der Waals surface area contributed by atoms with Crippen molar-refractivity contribution >= 4 is 11.6 Å². The molecule has 0 amide bonds. The molecule has 0 aromatic carbocycles. The minimum atomic E-state index is -2.80. The van der Waals surface area contributed by atoms with Gasteiger partial charge in [-0.3, -0.25) is 9.78 Å². The summed E-state index contributed by atoms with van der Waals surface area (Å²) in [4.78, 5) is 27.1. The summed E-state index contributed by atoms with van der Waals surface area (Å²) in [6, 6.07) is 1.47. The lowest BCUT2D eigenvalue weighted by Gasteiger charge is -2.10. The highest BCUT2D eigenvalue weighted by Crippen LogP contribution is 2.56. The van der Waals surface area contributed by atoms with E-state index in [1.165, 1.54) is 12.3 Å². The molecule has 0 aliphatic heterocycles. The van der Waals surface area contributed by atoms with Gasteiger partial charge < -0.3 is 4.98 Å². The largest absolute Gasteiger partial charge is 0.325 e. The van der Waals surface area contributed by atoms with E-state index in [1.807, 2.05) is 0 Å². The van der Waals surface area contributed by atoms with Crippen LogP contribution in [0.4, 0.5) is 8.78 Å². The minimum absolute atomic E-state index is 0.0429. The molecule has 22 heavy (non-hydrogen) atoms. The molecular formula is C13H11ClF2N4O2. The molecule has 9 heteroatoms. The molecule has 0 radical (unpaired) electrons. The lowest BCUT2D eigenvalue weighted by atomic mass is 10.1. The van der Waals surface area contributed by atoms with E-state index in [1.54, 1.807) is 0 Å². The zero-order valence-electron chi connectivity index (χ0n) is 11.4. The number of alkyl halides is 2. The van der Waals surface area contributed by atoms with Crippen LogP contribution in [0.2, 0.25) is 5.15 Å². The Kier molecular flexibility index (Phi) is 3.36. The van der Waals surface area contributed by atoms with Crippen LogP contribution in [0.15, 0.2) is 21.9 Å². The maximum atomic E-state index is 13.3. The first kappa shape index (κ1) is 14.8. The average Bonchev–Trinajstić information content (AvgIpc) is 3.20. The molecule has 0 saturated heterocycles. The Hall–Kier alpha value is -2.09. The highest BCUT2D eigenvalue weighted by Gasteiger charge is 2.53. The molecule has 1 saturated carbocycles. The van der Waals surface area contributed by atoms with Crippen LogP contribution in [0.5, 0.6) is 0 Å². The van der Waals surface area contributed by atoms with Gasteiger partial charge in [0.2, 0.25) is 5.92 Å². The first-order chi connectivity index (χ1) is 10.3. The standard InChI is InChI=1S/C13H11ClF2N4O2/c1-13(15,16)8-2-5(8)6-3-9(19-20-10(6)14)7-4-17-12(22)18-11(7)21/h3-5,8H,2H2,1H3,(H2,17,18,21,22)/t5-,8+/m1/s1. The van der Waals surface area contributed by atoms with Crippen LogP contribution in [-0.2, 0) is 0 Å². The van der Waals surface area contributed by atoms with Gasteiger partial charge in [-0.25, -0.2) is 13.6 Å². The molecular weight excluding hydrogens is 318 g/mol. The molecule has 3 rings (SSSR count). The average molecular weight is 329 g/mol. The van der Waals surface area contributed by atoms with E-state index >= 15 is 0 Å². The second-order valence-electron chi connectivity index (χ2n) is 5.37. The predicted molar refractivity (Wildman–Crippen MR) is 75.2 cm³/mol. The van der Waals surface area contributed by atoms with Gasteiger partial charge in [-0.05, 0) is 30.9 Å². The van der Waals surface area contributed by atoms with Gasteiger partial charge in [0.15, 0.2) is 5.15 Å². The molecule has 1 aliphatic carbocycles. The van der Waals surface area contributed by atoms with Crippen molar-refractivity contribution in [2.24, 2.45) is 5.92 Å². The Bertz CT molecular complexity index is 843. The highest BCUT2D eigenvalue weighted by molar-refractivity contribution is 6.30. The molecule has 1 aliphatic rings. The van der Waals surface area contributed by atoms with E-state index < -0.39 is 29.0 Å². The summed E-state index contributed by atoms with van der Waals surface area (Å²) in [6.07, 6.45) is 1.50. The van der Waals surface area contributed by atoms with Crippen molar-refractivity contribution in [3.8, 4) is 11.3 Å². The number of H-pyrrole nitrogens is 2. The van der Waals surface area contributed by atoms with Gasteiger partial charge in [-0.15, -0.1) is 10.2 Å². The molecule has 6 nitrogen and oxygen atoms in total. The lowest BCUT2D eigenvalue weighted by molar-refractivity contribution is -0.00398. The minimum Gasteiger partial charge on any atom is -0.313 e. The molecule has 2 N–H and O–H groups in total. The topological polar surface area (TPSA) is 91.5 Å². The summed E-state index contributed by atoms with van der Waals surface area (Å²) in [5.41, 5.74) is -0.598. The van der Waals surface area contributed by atoms with Gasteiger partial charge in [-0.1, -0.05) is 11.6 Å². The lowest BCUT2D eigenvalue weighted by Crippen LogP contribution is -2.23. The van der Waals surface area contributed by atoms with Crippen LogP contribution in [0, 0.1) is 5.92 Å². The quantitative estimate of drug-likeness (QED) is 0.900. The smallest absolute Gasteiger partial charge is 0.313 e. The Morgan fingerprint density at radius 3 is 2.68 bits per heavy atom. The van der Waals surface area contributed by atoms with Gasteiger partial charge in [0.05, 0.1) is 5.56 Å². The van der Waals surface area contributed by atoms with E-state index in [4.69, 9.17) is 11.6 Å². The number of rotatable bonds is 3. The number of halogens is 3. The second-order valence-corrected chi connectivity index (χ2v) is 5.72. The predicted octanol–water partition coefficient (Wildman–Crippen LogP) is 1.93. The molecule has 116 valence electrons. The van der Waals surface area contributed by atoms with E-state index in [2.05, 4.69) is 20.2 Å². The van der Waals surface area contributed by atoms with Crippen molar-refractivity contribution in [2.75, 3.05) is 0 Å². The zero-order chi connectivity index (χ0) is 16.1. The zero-order valence-corrected chi connectivity index (χ0v) is 12.1. The summed E-state index contributed by atoms with van der Waals surface area (Å²) in [6.45, 7) is 0.869. The monoisotopic (exact) mass is 328 g/mol. The van der Waals surface area contributed by atoms with Crippen molar-refractivity contribution in [3.63, 3.8) is 0 Å². The van der Waals surface area contributed by atoms with Crippen LogP contribution in [0.3, 0.4) is 0 Å². The number of nitrogens with one attached hydrogen (secondary N) is 2. The third kappa shape index (κ3) is 2.66. The van der Waals surface area contributed by atoms with Gasteiger partial charge in [0.1, 0.15) is 5.69 Å². The van der Waals surface area contributed by atoms with Crippen LogP contribution >= 0.6 is 11.6 Å². The van der Waals surface area contributed by atoms with Crippen LogP contribution in [0.1, 0.15) is 24.8 Å². The van der Waals surface area contributed by atoms with E-state index in [-0.39, 0.29) is 16.4 Å². The molecule has 2 atom stereocenters. The summed E-state index contributed by atoms with van der Waals surface area (Å²) in [5, 5.41) is 7.55. The van der Waals surface area contributed by atoms with Crippen molar-refractivity contribution in [1.29, 1.82) is 0 Å². The van der Waals surface area contributed by atoms with Crippen molar-refractivity contribution in [3.05, 3.63) is 43.8 Å². The second kappa shape index (κ2) is 4.98. The molecule has 2 aromatic heterocycles. The molecule has 0 bridgehead atoms. The number of aromatic amines is 2. The fourth-order valence-electron chi connectivity index (χ4n) is 2.48. The van der Waals surface area contributed by atoms with Crippen LogP contribution in [0.25, 0.3) is 11.3 Å². The summed E-state index contributed by atoms with van der Waals surface area (Å²) in [5.74, 6) is -4.01. The third-order valence-corrected chi connectivity index (χ3v) is 4.01. The molecule has 2 heterocycles. The Morgan fingerprint density at radius 2 is 2.09 bits per heavy atom. The Labute approximate surface area is 127 Å². The first-order valence-electron chi connectivity index (χ1n) is 6.50. The number of nitrogens with zero attached hydrogens (tertiary/aromatic N) is 2. The summed E-state index contributed by atoms with van der Waals surface area (Å²) < 4.78 is 26.7. The van der Waals surface area contributed by atoms with Gasteiger partial charge in [-0.2, -0.15) is 0 Å². The van der Waals surface area contributed by atoms with E-state index in [0.717, 1.165) is 6.92 Å². The van der Waals surface area contributed by atoms with E-state index in [9.17, 15) is 18.4 Å². The van der Waals surface area contributed by atoms with Crippen molar-refractivity contribution in [1.82, 2.24) is 20.2 Å². The van der Waals surface area contributed by atoms with Crippen molar-refractivity contribution < 1.29 is 8.78 Å². The Balaban J connectivity index is 2.01. The molecule has 0 spiro atoms. The number of hydrogen-bond donors (Lipinski definition) is 2. The molecule has 2 aromatic rings. The van der Waals surface area contributed by atoms with Gasteiger partial charge in [0.25, 0.3) is 5.56 Å². The maximum absolute atomic E-state index is 13.3. The number of hydrogen-bond acceptors (Lipinski definition) is 4. The highest BCUT2D eigenvalue weighted by atomic mass is 35.5. The van der Waals surface area contributed by atoms with Crippen LogP contribution < -0.4 is 11.2 Å². The van der Waals surface area contributed by atoms with Gasteiger partial charge in [0, 0.05) is 12.1 Å².